The van der Waals surface area contributed by atoms with Gasteiger partial charge in [0.05, 0.1) is 6.21 Å². The first-order chi connectivity index (χ1) is 8.11. The summed E-state index contributed by atoms with van der Waals surface area (Å²) in [5.74, 6) is 4.71. The van der Waals surface area contributed by atoms with E-state index < -0.39 is 6.03 Å². The van der Waals surface area contributed by atoms with Gasteiger partial charge in [-0.25, -0.2) is 16.1 Å². The molecule has 5 N–H and O–H groups in total. The van der Waals surface area contributed by atoms with E-state index in [-0.39, 0.29) is 5.91 Å². The van der Waals surface area contributed by atoms with Crippen molar-refractivity contribution < 1.29 is 9.59 Å². The molecule has 0 saturated carbocycles. The molecule has 1 aromatic carbocycles. The first kappa shape index (κ1) is 12.7. The summed E-state index contributed by atoms with van der Waals surface area (Å²) in [7, 11) is 0. The summed E-state index contributed by atoms with van der Waals surface area (Å²) in [6, 6.07) is 6.35. The Bertz CT molecular complexity index is 427. The summed E-state index contributed by atoms with van der Waals surface area (Å²) in [4.78, 5) is 21.4. The van der Waals surface area contributed by atoms with Crippen LogP contribution in [0.5, 0.6) is 0 Å². The Morgan fingerprint density at radius 1 is 1.29 bits per heavy atom. The minimum Gasteiger partial charge on any atom is -0.326 e. The highest BCUT2D eigenvalue weighted by molar-refractivity contribution is 5.89. The average Bonchev–Trinajstić information content (AvgIpc) is 2.30. The molecule has 0 heterocycles. The Morgan fingerprint density at radius 2 is 1.94 bits per heavy atom. The van der Waals surface area contributed by atoms with Crippen molar-refractivity contribution >= 4 is 23.8 Å². The highest BCUT2D eigenvalue weighted by Crippen LogP contribution is 2.07. The van der Waals surface area contributed by atoms with Gasteiger partial charge in [-0.3, -0.25) is 10.2 Å². The van der Waals surface area contributed by atoms with Crippen LogP contribution in [0.2, 0.25) is 0 Å². The Morgan fingerprint density at radius 3 is 2.47 bits per heavy atom. The molecule has 7 heteroatoms. The summed E-state index contributed by atoms with van der Waals surface area (Å²) in [5, 5.41) is 6.28. The zero-order chi connectivity index (χ0) is 12.7. The molecule has 0 aliphatic heterocycles. The molecular formula is C10H13N5O2. The van der Waals surface area contributed by atoms with Gasteiger partial charge in [0.2, 0.25) is 5.91 Å². The van der Waals surface area contributed by atoms with Gasteiger partial charge in [0, 0.05) is 12.6 Å². The van der Waals surface area contributed by atoms with E-state index in [1.165, 1.54) is 13.1 Å². The molecule has 0 fully saturated rings. The monoisotopic (exact) mass is 235 g/mol. The van der Waals surface area contributed by atoms with Crippen LogP contribution in [0.1, 0.15) is 12.5 Å². The van der Waals surface area contributed by atoms with Gasteiger partial charge in [-0.2, -0.15) is 5.10 Å². The van der Waals surface area contributed by atoms with Crippen molar-refractivity contribution in [1.82, 2.24) is 10.9 Å². The second-order valence-electron chi connectivity index (χ2n) is 3.15. The third-order valence-electron chi connectivity index (χ3n) is 1.74. The van der Waals surface area contributed by atoms with Crippen molar-refractivity contribution in [2.75, 3.05) is 5.32 Å². The maximum atomic E-state index is 10.8. The zero-order valence-corrected chi connectivity index (χ0v) is 9.23. The van der Waals surface area contributed by atoms with E-state index in [1.54, 1.807) is 24.3 Å². The summed E-state index contributed by atoms with van der Waals surface area (Å²) in [6.45, 7) is 1.44. The smallest absolute Gasteiger partial charge is 0.326 e. The van der Waals surface area contributed by atoms with E-state index in [0.29, 0.717) is 5.69 Å². The third-order valence-corrected chi connectivity index (χ3v) is 1.74. The minimum atomic E-state index is -0.601. The highest BCUT2D eigenvalue weighted by Gasteiger charge is 1.95. The second kappa shape index (κ2) is 6.23. The van der Waals surface area contributed by atoms with Gasteiger partial charge in [-0.15, -0.1) is 0 Å². The number of hydrazone groups is 1. The molecule has 0 bridgehead atoms. The maximum absolute atomic E-state index is 10.8. The molecule has 0 radical (unpaired) electrons. The molecule has 17 heavy (non-hydrogen) atoms. The van der Waals surface area contributed by atoms with E-state index in [2.05, 4.69) is 15.8 Å². The summed E-state index contributed by atoms with van der Waals surface area (Å²) < 4.78 is 0. The van der Waals surface area contributed by atoms with E-state index in [1.807, 2.05) is 5.43 Å². The highest BCUT2D eigenvalue weighted by atomic mass is 16.2. The number of hydrogen-bond donors (Lipinski definition) is 4. The number of anilines is 1. The quantitative estimate of drug-likeness (QED) is 0.259. The van der Waals surface area contributed by atoms with E-state index in [0.717, 1.165) is 5.56 Å². The molecule has 0 unspecified atom stereocenters. The molecule has 7 nitrogen and oxygen atoms in total. The minimum absolute atomic E-state index is 0.132. The largest absolute Gasteiger partial charge is 0.349 e. The fraction of sp³-hybridized carbons (Fsp3) is 0.100. The lowest BCUT2D eigenvalue weighted by Gasteiger charge is -2.01. The van der Waals surface area contributed by atoms with Gasteiger partial charge in [0.15, 0.2) is 0 Å². The van der Waals surface area contributed by atoms with Gasteiger partial charge >= 0.3 is 6.03 Å². The molecule has 0 aromatic heterocycles. The Hall–Kier alpha value is -2.41. The number of carbonyl (C=O) groups excluding carboxylic acids is 2. The molecule has 0 atom stereocenters. The number of nitrogens with one attached hydrogen (secondary N) is 3. The number of hydrazine groups is 1. The predicted octanol–water partition coefficient (Wildman–Crippen LogP) is 0.152. The number of benzene rings is 1. The Labute approximate surface area is 98.0 Å². The zero-order valence-electron chi connectivity index (χ0n) is 9.23. The third kappa shape index (κ3) is 4.76. The first-order valence-corrected chi connectivity index (χ1v) is 4.79. The SMILES string of the molecule is CC(=O)Nc1ccc(/C=N/NC(=O)NN)cc1. The predicted molar refractivity (Wildman–Crippen MR) is 64.2 cm³/mol. The topological polar surface area (TPSA) is 109 Å². The van der Waals surface area contributed by atoms with Gasteiger partial charge in [-0.05, 0) is 17.7 Å². The van der Waals surface area contributed by atoms with Crippen LogP contribution in [0.15, 0.2) is 29.4 Å². The average molecular weight is 235 g/mol. The first-order valence-electron chi connectivity index (χ1n) is 4.79. The van der Waals surface area contributed by atoms with Crippen molar-refractivity contribution in [3.8, 4) is 0 Å². The van der Waals surface area contributed by atoms with Crippen LogP contribution in [0.3, 0.4) is 0 Å². The molecule has 3 amide bonds. The maximum Gasteiger partial charge on any atom is 0.349 e. The number of nitrogens with zero attached hydrogens (tertiary/aromatic N) is 1. The molecule has 0 spiro atoms. The number of hydrogen-bond acceptors (Lipinski definition) is 4. The van der Waals surface area contributed by atoms with Crippen molar-refractivity contribution in [3.05, 3.63) is 29.8 Å². The van der Waals surface area contributed by atoms with Crippen LogP contribution in [0.4, 0.5) is 10.5 Å². The van der Waals surface area contributed by atoms with Crippen LogP contribution in [0, 0.1) is 0 Å². The molecular weight excluding hydrogens is 222 g/mol. The summed E-state index contributed by atoms with van der Waals surface area (Å²) in [5.41, 5.74) is 5.49. The number of amides is 3. The fourth-order valence-electron chi connectivity index (χ4n) is 1.05. The van der Waals surface area contributed by atoms with Crippen LogP contribution >= 0.6 is 0 Å². The van der Waals surface area contributed by atoms with E-state index in [4.69, 9.17) is 5.84 Å². The van der Waals surface area contributed by atoms with Crippen LogP contribution in [0.25, 0.3) is 0 Å². The molecule has 1 rings (SSSR count). The summed E-state index contributed by atoms with van der Waals surface area (Å²) >= 11 is 0. The standard InChI is InChI=1S/C10H13N5O2/c1-7(16)13-9-4-2-8(3-5-9)6-12-15-10(17)14-11/h2-6H,11H2,1H3,(H,13,16)(H2,14,15,17)/b12-6+. The Balaban J connectivity index is 2.56. The van der Waals surface area contributed by atoms with Gasteiger partial charge < -0.3 is 5.32 Å². The van der Waals surface area contributed by atoms with E-state index in [9.17, 15) is 9.59 Å². The molecule has 0 aliphatic carbocycles. The lowest BCUT2D eigenvalue weighted by Crippen LogP contribution is -2.37. The molecule has 0 aliphatic rings. The van der Waals surface area contributed by atoms with Crippen molar-refractivity contribution in [3.63, 3.8) is 0 Å². The Kier molecular flexibility index (Phi) is 4.64. The van der Waals surface area contributed by atoms with Crippen molar-refractivity contribution in [2.45, 2.75) is 6.92 Å². The van der Waals surface area contributed by atoms with Crippen LogP contribution in [-0.2, 0) is 4.79 Å². The normalized spacial score (nSPS) is 10.0. The molecule has 1 aromatic rings. The van der Waals surface area contributed by atoms with Gasteiger partial charge in [-0.1, -0.05) is 12.1 Å². The lowest BCUT2D eigenvalue weighted by molar-refractivity contribution is -0.114. The van der Waals surface area contributed by atoms with Gasteiger partial charge in [0.25, 0.3) is 0 Å². The number of rotatable bonds is 3. The van der Waals surface area contributed by atoms with Crippen molar-refractivity contribution in [2.24, 2.45) is 10.9 Å². The van der Waals surface area contributed by atoms with Gasteiger partial charge in [0.1, 0.15) is 0 Å². The summed E-state index contributed by atoms with van der Waals surface area (Å²) in [6.07, 6.45) is 1.45. The number of nitrogens with two attached hydrogens (primary N) is 1. The number of urea groups is 1. The molecule has 0 saturated heterocycles. The van der Waals surface area contributed by atoms with Crippen molar-refractivity contribution in [1.29, 1.82) is 0 Å². The fourth-order valence-corrected chi connectivity index (χ4v) is 1.05. The van der Waals surface area contributed by atoms with Crippen LogP contribution < -0.4 is 22.0 Å². The second-order valence-corrected chi connectivity index (χ2v) is 3.15. The number of carbonyl (C=O) groups is 2. The van der Waals surface area contributed by atoms with Crippen LogP contribution in [-0.4, -0.2) is 18.2 Å². The lowest BCUT2D eigenvalue weighted by atomic mass is 10.2. The van der Waals surface area contributed by atoms with E-state index >= 15 is 0 Å². The molecule has 90 valence electrons.